The number of nitrogens with zero attached hydrogens (tertiary/aromatic N) is 1. The van der Waals surface area contributed by atoms with E-state index >= 15 is 0 Å². The molecule has 4 heteroatoms. The quantitative estimate of drug-likeness (QED) is 0.451. The van der Waals surface area contributed by atoms with Gasteiger partial charge in [-0.05, 0) is 0 Å². The van der Waals surface area contributed by atoms with Gasteiger partial charge in [0, 0.05) is 19.3 Å². The van der Waals surface area contributed by atoms with E-state index in [0.29, 0.717) is 0 Å². The van der Waals surface area contributed by atoms with Crippen molar-refractivity contribution in [3.63, 3.8) is 0 Å². The lowest BCUT2D eigenvalue weighted by molar-refractivity contribution is 0.533. The number of hydrogen-bond donors (Lipinski definition) is 0. The van der Waals surface area contributed by atoms with Crippen molar-refractivity contribution in [2.75, 3.05) is 14.1 Å². The first-order valence-electron chi connectivity index (χ1n) is 1.90. The molecule has 0 amide bonds. The summed E-state index contributed by atoms with van der Waals surface area (Å²) in [6.45, 7) is 0. The first kappa shape index (κ1) is 7.47. The topological polar surface area (TPSA) is 37.4 Å². The largest absolute Gasteiger partial charge is 0.282 e. The Balaban J connectivity index is 4.49. The van der Waals surface area contributed by atoms with E-state index in [1.807, 2.05) is 0 Å². The molecule has 0 rings (SSSR count). The molecule has 3 nitrogen and oxygen atoms in total. The maximum Gasteiger partial charge on any atom is 0.282 e. The van der Waals surface area contributed by atoms with Crippen LogP contribution in [0.4, 0.5) is 0 Å². The van der Waals surface area contributed by atoms with Gasteiger partial charge in [0.05, 0.1) is 0 Å². The highest BCUT2D eigenvalue weighted by molar-refractivity contribution is 7.93. The van der Waals surface area contributed by atoms with Gasteiger partial charge in [-0.3, -0.25) is 0 Å². The molecule has 0 saturated heterocycles. The molecule has 0 unspecified atom stereocenters. The molecule has 0 aromatic rings. The predicted octanol–water partition coefficient (Wildman–Crippen LogP) is -0.531. The van der Waals surface area contributed by atoms with Gasteiger partial charge in [0.15, 0.2) is 0 Å². The third kappa shape index (κ3) is 1.52. The average molecular weight is 133 g/mol. The van der Waals surface area contributed by atoms with Gasteiger partial charge in [-0.25, -0.2) is 0 Å². The van der Waals surface area contributed by atoms with Crippen molar-refractivity contribution in [2.24, 2.45) is 0 Å². The van der Waals surface area contributed by atoms with E-state index < -0.39 is 10.0 Å². The SMILES string of the molecule is C#CS(=O)(=O)N(C)C. The Kier molecular flexibility index (Phi) is 2.02. The molecule has 0 spiro atoms. The maximum atomic E-state index is 10.4. The van der Waals surface area contributed by atoms with E-state index in [2.05, 4.69) is 6.42 Å². The molecule has 0 saturated carbocycles. The van der Waals surface area contributed by atoms with Crippen LogP contribution in [0.1, 0.15) is 0 Å². The fourth-order valence-electron chi connectivity index (χ4n) is 0.105. The smallest absolute Gasteiger partial charge is 0.198 e. The third-order valence-electron chi connectivity index (χ3n) is 0.630. The molecule has 8 heavy (non-hydrogen) atoms. The minimum atomic E-state index is -3.37. The van der Waals surface area contributed by atoms with Crippen LogP contribution in [0.5, 0.6) is 0 Å². The summed E-state index contributed by atoms with van der Waals surface area (Å²) >= 11 is 0. The number of terminal acetylenes is 1. The van der Waals surface area contributed by atoms with Gasteiger partial charge in [0.1, 0.15) is 0 Å². The summed E-state index contributed by atoms with van der Waals surface area (Å²) in [5, 5.41) is 1.64. The highest BCUT2D eigenvalue weighted by atomic mass is 32.2. The molecule has 0 aliphatic heterocycles. The summed E-state index contributed by atoms with van der Waals surface area (Å²) in [7, 11) is -0.607. The second-order valence-electron chi connectivity index (χ2n) is 1.41. The third-order valence-corrected chi connectivity index (χ3v) is 1.89. The van der Waals surface area contributed by atoms with Crippen molar-refractivity contribution in [2.45, 2.75) is 0 Å². The summed E-state index contributed by atoms with van der Waals surface area (Å²) in [6.07, 6.45) is 4.63. The zero-order chi connectivity index (χ0) is 6.78. The summed E-state index contributed by atoms with van der Waals surface area (Å²) in [5.74, 6) is 0. The number of sulfonamides is 1. The Labute approximate surface area is 49.4 Å². The lowest BCUT2D eigenvalue weighted by Crippen LogP contribution is -2.19. The molecule has 0 N–H and O–H groups in total. The van der Waals surface area contributed by atoms with E-state index in [9.17, 15) is 8.42 Å². The molecule has 46 valence electrons. The Morgan fingerprint density at radius 3 is 1.88 bits per heavy atom. The Hall–Kier alpha value is -0.530. The molecule has 0 atom stereocenters. The van der Waals surface area contributed by atoms with Gasteiger partial charge in [-0.15, -0.1) is 6.42 Å². The molecule has 0 fully saturated rings. The Morgan fingerprint density at radius 1 is 1.50 bits per heavy atom. The van der Waals surface area contributed by atoms with Gasteiger partial charge in [0.2, 0.25) is 0 Å². The molecule has 0 heterocycles. The van der Waals surface area contributed by atoms with Crippen molar-refractivity contribution in [1.29, 1.82) is 0 Å². The summed E-state index contributed by atoms with van der Waals surface area (Å²) in [4.78, 5) is 0. The van der Waals surface area contributed by atoms with Crippen LogP contribution in [-0.2, 0) is 10.0 Å². The van der Waals surface area contributed by atoms with Crippen molar-refractivity contribution in [3.05, 3.63) is 0 Å². The van der Waals surface area contributed by atoms with E-state index in [1.165, 1.54) is 14.1 Å². The van der Waals surface area contributed by atoms with Crippen molar-refractivity contribution >= 4 is 10.0 Å². The van der Waals surface area contributed by atoms with Crippen molar-refractivity contribution in [3.8, 4) is 11.7 Å². The molecule has 0 aliphatic rings. The normalized spacial score (nSPS) is 11.2. The highest BCUT2D eigenvalue weighted by Crippen LogP contribution is 1.87. The average Bonchev–Trinajstić information content (AvgIpc) is 1.67. The summed E-state index contributed by atoms with van der Waals surface area (Å²) < 4.78 is 21.8. The molecule has 0 aromatic carbocycles. The Morgan fingerprint density at radius 2 is 1.88 bits per heavy atom. The van der Waals surface area contributed by atoms with Crippen molar-refractivity contribution < 1.29 is 8.42 Å². The van der Waals surface area contributed by atoms with Crippen LogP contribution >= 0.6 is 0 Å². The molecule has 0 aliphatic carbocycles. The second kappa shape index (κ2) is 2.16. The van der Waals surface area contributed by atoms with E-state index in [-0.39, 0.29) is 0 Å². The molecule has 0 bridgehead atoms. The fraction of sp³-hybridized carbons (Fsp3) is 0.500. The standard InChI is InChI=1S/C4H7NO2S/c1-4-8(6,7)5(2)3/h1H,2-3H3. The molecular formula is C4H7NO2S. The Bertz CT molecular complexity index is 197. The van der Waals surface area contributed by atoms with Gasteiger partial charge in [-0.2, -0.15) is 12.7 Å². The van der Waals surface area contributed by atoms with Gasteiger partial charge < -0.3 is 0 Å². The lowest BCUT2D eigenvalue weighted by Gasteiger charge is -2.01. The minimum absolute atomic E-state index is 0.979. The zero-order valence-corrected chi connectivity index (χ0v) is 5.57. The van der Waals surface area contributed by atoms with Crippen LogP contribution < -0.4 is 0 Å². The minimum Gasteiger partial charge on any atom is -0.198 e. The first-order chi connectivity index (χ1) is 3.50. The lowest BCUT2D eigenvalue weighted by atomic mass is 11.3. The van der Waals surface area contributed by atoms with Crippen LogP contribution in [0, 0.1) is 11.7 Å². The molecule has 0 aromatic heterocycles. The molecular weight excluding hydrogens is 126 g/mol. The number of rotatable bonds is 1. The first-order valence-corrected chi connectivity index (χ1v) is 3.34. The van der Waals surface area contributed by atoms with Gasteiger partial charge >= 0.3 is 0 Å². The van der Waals surface area contributed by atoms with Crippen LogP contribution in [0.25, 0.3) is 0 Å². The van der Waals surface area contributed by atoms with Gasteiger partial charge in [-0.1, -0.05) is 0 Å². The van der Waals surface area contributed by atoms with Crippen LogP contribution in [0.2, 0.25) is 0 Å². The summed E-state index contributed by atoms with van der Waals surface area (Å²) in [6, 6.07) is 0. The molecule has 0 radical (unpaired) electrons. The maximum absolute atomic E-state index is 10.4. The number of hydrogen-bond acceptors (Lipinski definition) is 2. The predicted molar refractivity (Wildman–Crippen MR) is 31.4 cm³/mol. The van der Waals surface area contributed by atoms with E-state index in [4.69, 9.17) is 0 Å². The van der Waals surface area contributed by atoms with Crippen LogP contribution in [-0.4, -0.2) is 26.8 Å². The van der Waals surface area contributed by atoms with Crippen molar-refractivity contribution in [1.82, 2.24) is 4.31 Å². The van der Waals surface area contributed by atoms with E-state index in [0.717, 1.165) is 4.31 Å². The fourth-order valence-corrected chi connectivity index (χ4v) is 0.316. The van der Waals surface area contributed by atoms with Gasteiger partial charge in [0.25, 0.3) is 10.0 Å². The zero-order valence-electron chi connectivity index (χ0n) is 4.75. The van der Waals surface area contributed by atoms with E-state index in [1.54, 1.807) is 5.25 Å². The van der Waals surface area contributed by atoms with Crippen LogP contribution in [0.15, 0.2) is 0 Å². The van der Waals surface area contributed by atoms with Crippen LogP contribution in [0.3, 0.4) is 0 Å². The summed E-state index contributed by atoms with van der Waals surface area (Å²) in [5.41, 5.74) is 0. The highest BCUT2D eigenvalue weighted by Gasteiger charge is 2.05. The monoisotopic (exact) mass is 133 g/mol. The second-order valence-corrected chi connectivity index (χ2v) is 3.32.